The van der Waals surface area contributed by atoms with E-state index in [0.717, 1.165) is 12.1 Å². The highest BCUT2D eigenvalue weighted by Gasteiger charge is 2.38. The van der Waals surface area contributed by atoms with E-state index in [1.165, 1.54) is 13.8 Å². The normalized spacial score (nSPS) is 14.0. The van der Waals surface area contributed by atoms with Crippen molar-refractivity contribution < 1.29 is 27.1 Å². The highest BCUT2D eigenvalue weighted by atomic mass is 35.5. The fourth-order valence-electron chi connectivity index (χ4n) is 1.93. The smallest absolute Gasteiger partial charge is 0.349 e. The Hall–Kier alpha value is -1.21. The number of alkyl halides is 3. The van der Waals surface area contributed by atoms with E-state index in [2.05, 4.69) is 0 Å². The van der Waals surface area contributed by atoms with Gasteiger partial charge in [-0.15, -0.1) is 0 Å². The maximum atomic E-state index is 13.5. The third kappa shape index (κ3) is 3.35. The van der Waals surface area contributed by atoms with Crippen LogP contribution in [-0.2, 0) is 15.2 Å². The summed E-state index contributed by atoms with van der Waals surface area (Å²) in [5.74, 6) is -1.39. The Morgan fingerprint density at radius 3 is 2.33 bits per heavy atom. The third-order valence-electron chi connectivity index (χ3n) is 3.33. The Morgan fingerprint density at radius 2 is 1.95 bits per heavy atom. The summed E-state index contributed by atoms with van der Waals surface area (Å²) in [6.45, 7) is 4.15. The molecule has 1 aromatic rings. The zero-order chi connectivity index (χ0) is 16.6. The van der Waals surface area contributed by atoms with Gasteiger partial charge in [-0.25, -0.2) is 13.2 Å². The predicted octanol–water partition coefficient (Wildman–Crippen LogP) is 3.55. The first-order valence-corrected chi connectivity index (χ1v) is 8.05. The van der Waals surface area contributed by atoms with Gasteiger partial charge >= 0.3 is 11.4 Å². The molecule has 1 atom stereocenters. The van der Waals surface area contributed by atoms with Crippen LogP contribution in [0.1, 0.15) is 41.8 Å². The number of hydrogen-bond acceptors (Lipinski definition) is 3. The average molecular weight is 341 g/mol. The minimum absolute atomic E-state index is 0.201. The van der Waals surface area contributed by atoms with Crippen molar-refractivity contribution >= 4 is 27.4 Å². The molecule has 0 saturated carbocycles. The molecule has 0 unspecified atom stereocenters. The standard InChI is InChI=1S/C13H15ClF2O4S/c1-4-7(2)21(19,20)11-8(3)9(12(17)18)5-6-10(11)13(14,15)16/h5-7H,4H2,1-3H3,(H,17,18)/t7-/m0/s1. The largest absolute Gasteiger partial charge is 0.478 e. The van der Waals surface area contributed by atoms with Crippen LogP contribution in [0.3, 0.4) is 0 Å². The number of carboxylic acids is 1. The molecule has 0 aliphatic heterocycles. The zero-order valence-corrected chi connectivity index (χ0v) is 13.2. The SMILES string of the molecule is CC[C@H](C)S(=O)(=O)c1c(C(F)(F)Cl)ccc(C(=O)O)c1C. The molecule has 0 aliphatic carbocycles. The minimum Gasteiger partial charge on any atom is -0.478 e. The number of carbonyl (C=O) groups is 1. The Balaban J connectivity index is 3.83. The first-order valence-electron chi connectivity index (χ1n) is 6.12. The van der Waals surface area contributed by atoms with Gasteiger partial charge in [-0.2, -0.15) is 8.78 Å². The molecular weight excluding hydrogens is 326 g/mol. The summed E-state index contributed by atoms with van der Waals surface area (Å²) in [7, 11) is -4.12. The van der Waals surface area contributed by atoms with Crippen LogP contribution in [0, 0.1) is 6.92 Å². The summed E-state index contributed by atoms with van der Waals surface area (Å²) in [4.78, 5) is 10.4. The first kappa shape index (κ1) is 17.8. The molecule has 0 spiro atoms. The molecule has 0 fully saturated rings. The Morgan fingerprint density at radius 1 is 1.43 bits per heavy atom. The van der Waals surface area contributed by atoms with Crippen molar-refractivity contribution in [2.45, 2.75) is 42.7 Å². The van der Waals surface area contributed by atoms with Gasteiger partial charge in [0.25, 0.3) is 0 Å². The molecule has 8 heteroatoms. The van der Waals surface area contributed by atoms with Crippen LogP contribution in [0.4, 0.5) is 8.78 Å². The minimum atomic E-state index is -4.12. The van der Waals surface area contributed by atoms with Crippen LogP contribution in [0.15, 0.2) is 17.0 Å². The highest BCUT2D eigenvalue weighted by molar-refractivity contribution is 7.92. The molecule has 1 N–H and O–H groups in total. The average Bonchev–Trinajstić information content (AvgIpc) is 2.35. The lowest BCUT2D eigenvalue weighted by molar-refractivity contribution is 0.0693. The fourth-order valence-corrected chi connectivity index (χ4v) is 4.03. The van der Waals surface area contributed by atoms with E-state index in [9.17, 15) is 22.0 Å². The molecular formula is C13H15ClF2O4S. The molecule has 0 amide bonds. The monoisotopic (exact) mass is 340 g/mol. The molecule has 1 rings (SSSR count). The van der Waals surface area contributed by atoms with Crippen molar-refractivity contribution in [3.05, 3.63) is 28.8 Å². The van der Waals surface area contributed by atoms with E-state index in [1.54, 1.807) is 6.92 Å². The Labute approximate surface area is 126 Å². The van der Waals surface area contributed by atoms with Crippen LogP contribution < -0.4 is 0 Å². The molecule has 4 nitrogen and oxygen atoms in total. The van der Waals surface area contributed by atoms with Gasteiger partial charge in [0.2, 0.25) is 0 Å². The van der Waals surface area contributed by atoms with Crippen molar-refractivity contribution in [2.75, 3.05) is 0 Å². The maximum absolute atomic E-state index is 13.5. The van der Waals surface area contributed by atoms with E-state index in [1.807, 2.05) is 0 Å². The molecule has 1 aromatic carbocycles. The van der Waals surface area contributed by atoms with Gasteiger partial charge in [0.1, 0.15) is 0 Å². The van der Waals surface area contributed by atoms with Gasteiger partial charge in [0.05, 0.1) is 21.3 Å². The van der Waals surface area contributed by atoms with Gasteiger partial charge in [0, 0.05) is 0 Å². The van der Waals surface area contributed by atoms with Crippen molar-refractivity contribution in [3.63, 3.8) is 0 Å². The van der Waals surface area contributed by atoms with E-state index < -0.39 is 36.9 Å². The zero-order valence-electron chi connectivity index (χ0n) is 11.7. The van der Waals surface area contributed by atoms with Gasteiger partial charge < -0.3 is 5.11 Å². The Bertz CT molecular complexity index is 665. The van der Waals surface area contributed by atoms with Crippen LogP contribution in [0.5, 0.6) is 0 Å². The van der Waals surface area contributed by atoms with Gasteiger partial charge in [-0.3, -0.25) is 0 Å². The Kier molecular flexibility index (Phi) is 5.00. The number of carboxylic acid groups (broad SMARTS) is 1. The number of aromatic carboxylic acids is 1. The highest BCUT2D eigenvalue weighted by Crippen LogP contribution is 2.40. The lowest BCUT2D eigenvalue weighted by atomic mass is 10.0. The van der Waals surface area contributed by atoms with E-state index in [-0.39, 0.29) is 17.5 Å². The van der Waals surface area contributed by atoms with Gasteiger partial charge in [0.15, 0.2) is 9.84 Å². The molecule has 0 aliphatic rings. The van der Waals surface area contributed by atoms with Crippen molar-refractivity contribution in [1.82, 2.24) is 0 Å². The first-order chi connectivity index (χ1) is 9.44. The molecule has 21 heavy (non-hydrogen) atoms. The van der Waals surface area contributed by atoms with E-state index in [0.29, 0.717) is 0 Å². The second-order valence-corrected chi connectivity index (χ2v) is 7.46. The molecule has 0 heterocycles. The van der Waals surface area contributed by atoms with E-state index in [4.69, 9.17) is 16.7 Å². The lowest BCUT2D eigenvalue weighted by Gasteiger charge is -2.20. The summed E-state index contributed by atoms with van der Waals surface area (Å²) in [5.41, 5.74) is -1.48. The number of hydrogen-bond donors (Lipinski definition) is 1. The van der Waals surface area contributed by atoms with Crippen molar-refractivity contribution in [3.8, 4) is 0 Å². The second-order valence-electron chi connectivity index (χ2n) is 4.68. The van der Waals surface area contributed by atoms with Crippen LogP contribution in [0.25, 0.3) is 0 Å². The number of sulfone groups is 1. The fraction of sp³-hybridized carbons (Fsp3) is 0.462. The quantitative estimate of drug-likeness (QED) is 0.832. The molecule has 0 bridgehead atoms. The molecule has 0 radical (unpaired) electrons. The van der Waals surface area contributed by atoms with Crippen LogP contribution in [0.2, 0.25) is 0 Å². The summed E-state index contributed by atoms with van der Waals surface area (Å²) in [6, 6.07) is 1.68. The number of halogens is 3. The van der Waals surface area contributed by atoms with E-state index >= 15 is 0 Å². The molecule has 0 aromatic heterocycles. The molecule has 0 saturated heterocycles. The lowest BCUT2D eigenvalue weighted by Crippen LogP contribution is -2.23. The van der Waals surface area contributed by atoms with Crippen LogP contribution in [-0.4, -0.2) is 24.7 Å². The van der Waals surface area contributed by atoms with Gasteiger partial charge in [-0.05, 0) is 49.6 Å². The summed E-state index contributed by atoms with van der Waals surface area (Å²) in [6.07, 6.45) is 0.201. The summed E-state index contributed by atoms with van der Waals surface area (Å²) < 4.78 is 51.8. The number of benzene rings is 1. The second kappa shape index (κ2) is 5.88. The molecule has 118 valence electrons. The summed E-state index contributed by atoms with van der Waals surface area (Å²) in [5, 5.41) is 4.19. The van der Waals surface area contributed by atoms with Crippen LogP contribution >= 0.6 is 11.6 Å². The number of rotatable bonds is 5. The maximum Gasteiger partial charge on any atom is 0.349 e. The summed E-state index contributed by atoms with van der Waals surface area (Å²) >= 11 is 4.98. The third-order valence-corrected chi connectivity index (χ3v) is 6.02. The predicted molar refractivity (Wildman–Crippen MR) is 74.8 cm³/mol. The van der Waals surface area contributed by atoms with Crippen molar-refractivity contribution in [1.29, 1.82) is 0 Å². The topological polar surface area (TPSA) is 71.4 Å². The van der Waals surface area contributed by atoms with Crippen molar-refractivity contribution in [2.24, 2.45) is 0 Å². The van der Waals surface area contributed by atoms with Gasteiger partial charge in [-0.1, -0.05) is 6.92 Å².